The molecule has 1 aromatic rings. The third kappa shape index (κ3) is 7.45. The van der Waals surface area contributed by atoms with Crippen molar-refractivity contribution in [3.63, 3.8) is 0 Å². The van der Waals surface area contributed by atoms with E-state index in [-0.39, 0.29) is 44.2 Å². The Morgan fingerprint density at radius 1 is 1.15 bits per heavy atom. The lowest BCUT2D eigenvalue weighted by molar-refractivity contribution is -0.145. The molecule has 1 aromatic carbocycles. The zero-order valence-electron chi connectivity index (χ0n) is 26.6. The summed E-state index contributed by atoms with van der Waals surface area (Å²) in [4.78, 5) is 68.9. The fourth-order valence-corrected chi connectivity index (χ4v) is 6.53. The molecule has 4 amide bonds. The zero-order chi connectivity index (χ0) is 33.2. The molecule has 3 aliphatic heterocycles. The number of carbonyl (C=O) groups excluding carboxylic acids is 4. The molecule has 0 bridgehead atoms. The van der Waals surface area contributed by atoms with Crippen molar-refractivity contribution in [2.45, 2.75) is 108 Å². The molecule has 0 radical (unpaired) electrons. The number of rotatable bonds is 3. The van der Waals surface area contributed by atoms with E-state index in [1.165, 1.54) is 15.9 Å². The quantitative estimate of drug-likeness (QED) is 0.422. The summed E-state index contributed by atoms with van der Waals surface area (Å²) in [5, 5.41) is 15.4. The van der Waals surface area contributed by atoms with Gasteiger partial charge < -0.3 is 35.0 Å². The summed E-state index contributed by atoms with van der Waals surface area (Å²) in [6, 6.07) is 2.56. The number of nitrogens with one attached hydrogen (secondary N) is 2. The van der Waals surface area contributed by atoms with E-state index in [0.29, 0.717) is 30.4 Å². The highest BCUT2D eigenvalue weighted by molar-refractivity contribution is 5.96. The maximum absolute atomic E-state index is 14.2. The molecule has 4 aliphatic rings. The van der Waals surface area contributed by atoms with Crippen LogP contribution in [-0.4, -0.2) is 87.3 Å². The van der Waals surface area contributed by atoms with Crippen molar-refractivity contribution < 1.29 is 42.9 Å². The molecule has 3 heterocycles. The molecule has 3 N–H and O–H groups in total. The molecule has 5 atom stereocenters. The van der Waals surface area contributed by atoms with E-state index < -0.39 is 59.3 Å². The molecular formula is C33H43FN4O8. The summed E-state index contributed by atoms with van der Waals surface area (Å²) in [6.07, 6.45) is 5.13. The molecule has 1 aliphatic carbocycles. The Morgan fingerprint density at radius 3 is 2.67 bits per heavy atom. The van der Waals surface area contributed by atoms with Crippen molar-refractivity contribution in [2.75, 3.05) is 13.1 Å². The number of carboxylic acids is 1. The SMILES string of the molecule is CC(C)(C)OC(=O)N[C@H]1CCCCC/C=C\[C@@H]2C[C@@]2(C(=O)O)NC(=O)[C@@H]2C[C@@H](OC(=O)N3CCc4c(F)cccc4C3)CN2C1=O. The second kappa shape index (κ2) is 13.3. The van der Waals surface area contributed by atoms with Gasteiger partial charge in [0.05, 0.1) is 6.54 Å². The lowest BCUT2D eigenvalue weighted by atomic mass is 9.99. The van der Waals surface area contributed by atoms with Gasteiger partial charge >= 0.3 is 18.2 Å². The van der Waals surface area contributed by atoms with Gasteiger partial charge in [-0.3, -0.25) is 9.59 Å². The van der Waals surface area contributed by atoms with Gasteiger partial charge in [0.25, 0.3) is 0 Å². The Hall–Kier alpha value is -4.16. The summed E-state index contributed by atoms with van der Waals surface area (Å²) < 4.78 is 25.4. The van der Waals surface area contributed by atoms with Gasteiger partial charge in [0, 0.05) is 25.4 Å². The Balaban J connectivity index is 1.37. The molecule has 13 heteroatoms. The number of benzene rings is 1. The lowest BCUT2D eigenvalue weighted by Gasteiger charge is -2.30. The van der Waals surface area contributed by atoms with Crippen LogP contribution in [0.15, 0.2) is 30.4 Å². The van der Waals surface area contributed by atoms with Crippen LogP contribution in [0.4, 0.5) is 14.0 Å². The average molecular weight is 643 g/mol. The molecular weight excluding hydrogens is 599 g/mol. The highest BCUT2D eigenvalue weighted by Crippen LogP contribution is 2.45. The summed E-state index contributed by atoms with van der Waals surface area (Å²) >= 11 is 0. The van der Waals surface area contributed by atoms with Crippen LogP contribution < -0.4 is 10.6 Å². The maximum atomic E-state index is 14.2. The molecule has 46 heavy (non-hydrogen) atoms. The van der Waals surface area contributed by atoms with E-state index in [4.69, 9.17) is 9.47 Å². The van der Waals surface area contributed by atoms with Crippen molar-refractivity contribution in [1.82, 2.24) is 20.4 Å². The first kappa shape index (κ1) is 33.2. The van der Waals surface area contributed by atoms with Crippen molar-refractivity contribution in [3.8, 4) is 0 Å². The van der Waals surface area contributed by atoms with Gasteiger partial charge in [0.2, 0.25) is 11.8 Å². The predicted molar refractivity (Wildman–Crippen MR) is 163 cm³/mol. The fourth-order valence-electron chi connectivity index (χ4n) is 6.53. The number of hydrogen-bond acceptors (Lipinski definition) is 7. The summed E-state index contributed by atoms with van der Waals surface area (Å²) in [6.45, 7) is 5.39. The number of hydrogen-bond donors (Lipinski definition) is 3. The van der Waals surface area contributed by atoms with Crippen LogP contribution in [0, 0.1) is 11.7 Å². The number of nitrogens with zero attached hydrogens (tertiary/aromatic N) is 2. The number of halogens is 1. The zero-order valence-corrected chi connectivity index (χ0v) is 26.6. The number of carbonyl (C=O) groups is 5. The minimum Gasteiger partial charge on any atom is -0.479 e. The van der Waals surface area contributed by atoms with Gasteiger partial charge in [0.1, 0.15) is 35.1 Å². The Morgan fingerprint density at radius 2 is 1.93 bits per heavy atom. The number of ether oxygens (including phenoxy) is 2. The summed E-state index contributed by atoms with van der Waals surface area (Å²) in [5.41, 5.74) is -1.05. The van der Waals surface area contributed by atoms with Crippen molar-refractivity contribution in [2.24, 2.45) is 5.92 Å². The lowest BCUT2D eigenvalue weighted by Crippen LogP contribution is -2.56. The monoisotopic (exact) mass is 642 g/mol. The molecule has 5 rings (SSSR count). The first-order valence-corrected chi connectivity index (χ1v) is 16.0. The largest absolute Gasteiger partial charge is 0.479 e. The van der Waals surface area contributed by atoms with Gasteiger partial charge in [-0.1, -0.05) is 37.1 Å². The Kier molecular flexibility index (Phi) is 9.59. The number of fused-ring (bicyclic) bond motifs is 3. The number of alkyl carbamates (subject to hydrolysis) is 1. The van der Waals surface area contributed by atoms with Gasteiger partial charge in [0.15, 0.2) is 0 Å². The van der Waals surface area contributed by atoms with Gasteiger partial charge in [-0.05, 0) is 70.1 Å². The number of amides is 4. The second-order valence-corrected chi connectivity index (χ2v) is 13.6. The van der Waals surface area contributed by atoms with Gasteiger partial charge in [-0.15, -0.1) is 0 Å². The van der Waals surface area contributed by atoms with Crippen LogP contribution in [0.25, 0.3) is 0 Å². The van der Waals surface area contributed by atoms with Gasteiger partial charge in [-0.2, -0.15) is 0 Å². The molecule has 1 saturated carbocycles. The Bertz CT molecular complexity index is 1410. The fraction of sp³-hybridized carbons (Fsp3) is 0.606. The normalized spacial score (nSPS) is 29.1. The number of carboxylic acid groups (broad SMARTS) is 1. The number of allylic oxidation sites excluding steroid dienone is 1. The molecule has 0 spiro atoms. The first-order chi connectivity index (χ1) is 21.8. The van der Waals surface area contributed by atoms with E-state index >= 15 is 0 Å². The summed E-state index contributed by atoms with van der Waals surface area (Å²) in [7, 11) is 0. The van der Waals surface area contributed by atoms with E-state index in [1.807, 2.05) is 12.2 Å². The highest BCUT2D eigenvalue weighted by atomic mass is 19.1. The van der Waals surface area contributed by atoms with Crippen LogP contribution in [0.1, 0.15) is 76.8 Å². The third-order valence-corrected chi connectivity index (χ3v) is 9.05. The molecule has 12 nitrogen and oxygen atoms in total. The highest BCUT2D eigenvalue weighted by Gasteiger charge is 2.61. The van der Waals surface area contributed by atoms with Crippen molar-refractivity contribution in [1.29, 1.82) is 0 Å². The van der Waals surface area contributed by atoms with Crippen LogP contribution >= 0.6 is 0 Å². The third-order valence-electron chi connectivity index (χ3n) is 9.05. The standard InChI is InChI=1S/C33H43FN4O8/c1-32(2,3)46-30(43)35-25-13-8-6-4-5-7-11-21-17-33(21,29(41)42)36-27(39)26-16-22(19-38(26)28(25)40)45-31(44)37-15-14-23-20(18-37)10-9-12-24(23)34/h7,9-12,21-22,25-26H,4-6,8,13-19H2,1-3H3,(H,35,43)(H,36,39)(H,41,42)/b11-7-/t21-,22-,25+,26+,33-/m1/s1. The van der Waals surface area contributed by atoms with Crippen molar-refractivity contribution >= 4 is 30.0 Å². The number of aliphatic carboxylic acids is 1. The molecule has 0 aromatic heterocycles. The van der Waals surface area contributed by atoms with Crippen LogP contribution in [0.5, 0.6) is 0 Å². The topological polar surface area (TPSA) is 155 Å². The molecule has 250 valence electrons. The van der Waals surface area contributed by atoms with Crippen LogP contribution in [0.2, 0.25) is 0 Å². The van der Waals surface area contributed by atoms with E-state index in [2.05, 4.69) is 10.6 Å². The minimum absolute atomic E-state index is 0.0578. The molecule has 0 unspecified atom stereocenters. The van der Waals surface area contributed by atoms with E-state index in [1.54, 1.807) is 32.9 Å². The van der Waals surface area contributed by atoms with E-state index in [9.17, 15) is 33.5 Å². The van der Waals surface area contributed by atoms with Gasteiger partial charge in [-0.25, -0.2) is 18.8 Å². The maximum Gasteiger partial charge on any atom is 0.410 e. The van der Waals surface area contributed by atoms with Crippen LogP contribution in [-0.2, 0) is 36.8 Å². The Labute approximate surface area is 267 Å². The van der Waals surface area contributed by atoms with E-state index in [0.717, 1.165) is 19.3 Å². The predicted octanol–water partition coefficient (Wildman–Crippen LogP) is 3.66. The minimum atomic E-state index is -1.48. The molecule has 1 saturated heterocycles. The second-order valence-electron chi connectivity index (χ2n) is 13.6. The summed E-state index contributed by atoms with van der Waals surface area (Å²) in [5.74, 6) is -3.08. The smallest absolute Gasteiger partial charge is 0.410 e. The van der Waals surface area contributed by atoms with Crippen molar-refractivity contribution in [3.05, 3.63) is 47.3 Å². The first-order valence-electron chi connectivity index (χ1n) is 16.0. The average Bonchev–Trinajstić information content (AvgIpc) is 3.52. The van der Waals surface area contributed by atoms with Crippen LogP contribution in [0.3, 0.4) is 0 Å². The molecule has 2 fully saturated rings.